The molecule has 0 amide bonds. The Kier molecular flexibility index (Phi) is 5.33. The molecule has 0 fully saturated rings. The van der Waals surface area contributed by atoms with Crippen LogP contribution in [-0.4, -0.2) is 30.2 Å². The van der Waals surface area contributed by atoms with Crippen molar-refractivity contribution in [2.75, 3.05) is 12.1 Å². The molecule has 2 aliphatic rings. The van der Waals surface area contributed by atoms with Crippen LogP contribution in [0.5, 0.6) is 0 Å². The third kappa shape index (κ3) is 5.87. The summed E-state index contributed by atoms with van der Waals surface area (Å²) >= 11 is 1.54. The predicted octanol–water partition coefficient (Wildman–Crippen LogP) is -3.64. The van der Waals surface area contributed by atoms with Gasteiger partial charge in [-0.1, -0.05) is 18.2 Å². The molecular weight excluding hydrogens is 318 g/mol. The molecule has 106 valence electrons. The van der Waals surface area contributed by atoms with Crippen molar-refractivity contribution < 1.29 is 41.3 Å². The number of thioether (sulfide) groups is 1. The zero-order valence-corrected chi connectivity index (χ0v) is 12.1. The first-order valence-corrected chi connectivity index (χ1v) is 8.80. The predicted molar refractivity (Wildman–Crippen MR) is 58.9 cm³/mol. The van der Waals surface area contributed by atoms with Gasteiger partial charge in [-0.15, -0.1) is 14.2 Å². The Labute approximate surface area is 116 Å². The molecule has 1 aliphatic heterocycles. The summed E-state index contributed by atoms with van der Waals surface area (Å²) in [7, 11) is -8.08. The van der Waals surface area contributed by atoms with Crippen molar-refractivity contribution in [3.63, 3.8) is 0 Å². The fourth-order valence-electron chi connectivity index (χ4n) is 1.32. The van der Waals surface area contributed by atoms with Gasteiger partial charge in [0, 0.05) is 6.08 Å². The van der Waals surface area contributed by atoms with Crippen LogP contribution in [0.25, 0.3) is 0 Å². The number of sulfonamides is 1. The van der Waals surface area contributed by atoms with Gasteiger partial charge in [0.25, 0.3) is 0 Å². The number of nitrogens with zero attached hydrogens (tertiary/aromatic N) is 1. The van der Waals surface area contributed by atoms with Crippen molar-refractivity contribution >= 4 is 27.5 Å². The van der Waals surface area contributed by atoms with Gasteiger partial charge in [0.2, 0.25) is 11.6 Å². The highest BCUT2D eigenvalue weighted by Gasteiger charge is 2.33. The molecule has 0 N–H and O–H groups in total. The van der Waals surface area contributed by atoms with E-state index < -0.39 is 20.3 Å². The summed E-state index contributed by atoms with van der Waals surface area (Å²) in [4.78, 5) is 1.01. The maximum Gasteiger partial charge on any atom is 0.362 e. The first-order chi connectivity index (χ1) is 8.59. The van der Waals surface area contributed by atoms with Gasteiger partial charge in [0.05, 0.1) is 11.2 Å². The summed E-state index contributed by atoms with van der Waals surface area (Å²) < 4.78 is 58.2. The highest BCUT2D eigenvalue weighted by atomic mass is 35.7. The number of hydrogen-bond donors (Lipinski definition) is 0. The average Bonchev–Trinajstić information content (AvgIpc) is 2.46. The molecule has 10 heteroatoms. The maximum atomic E-state index is 11.4. The zero-order valence-electron chi connectivity index (χ0n) is 9.69. The van der Waals surface area contributed by atoms with E-state index in [1.807, 2.05) is 30.4 Å². The Morgan fingerprint density at radius 3 is 2.32 bits per heavy atom. The van der Waals surface area contributed by atoms with E-state index in [4.69, 9.17) is 18.6 Å². The minimum Gasteiger partial charge on any atom is -0.222 e. The van der Waals surface area contributed by atoms with Gasteiger partial charge in [0.1, 0.15) is 0 Å². The van der Waals surface area contributed by atoms with Crippen molar-refractivity contribution in [1.82, 2.24) is 0 Å². The lowest BCUT2D eigenvalue weighted by Gasteiger charge is -2.17. The molecule has 1 aliphatic carbocycles. The number of rotatable bonds is 1. The molecule has 7 nitrogen and oxygen atoms in total. The van der Waals surface area contributed by atoms with E-state index in [9.17, 15) is 8.42 Å². The van der Waals surface area contributed by atoms with Gasteiger partial charge in [0.15, 0.2) is 0 Å². The summed E-state index contributed by atoms with van der Waals surface area (Å²) in [6.07, 6.45) is 10.6. The van der Waals surface area contributed by atoms with Crippen molar-refractivity contribution in [2.45, 2.75) is 0 Å². The van der Waals surface area contributed by atoms with Gasteiger partial charge < -0.3 is 0 Å². The summed E-state index contributed by atoms with van der Waals surface area (Å²) in [5.41, 5.74) is 0.780. The fourth-order valence-corrected chi connectivity index (χ4v) is 3.72. The largest absolute Gasteiger partial charge is 0.362 e. The van der Waals surface area contributed by atoms with E-state index >= 15 is 0 Å². The monoisotopic (exact) mass is 327 g/mol. The molecule has 0 aromatic carbocycles. The molecule has 0 aromatic rings. The topological polar surface area (TPSA) is 129 Å². The van der Waals surface area contributed by atoms with Crippen LogP contribution < -0.4 is 18.6 Å². The minimum atomic E-state index is -4.94. The highest BCUT2D eigenvalue weighted by molar-refractivity contribution is 8.04. The summed E-state index contributed by atoms with van der Waals surface area (Å²) in [6, 6.07) is 0. The quantitative estimate of drug-likeness (QED) is 0.454. The molecule has 1 heterocycles. The lowest BCUT2D eigenvalue weighted by molar-refractivity contribution is -2.00. The van der Waals surface area contributed by atoms with Crippen molar-refractivity contribution in [2.24, 2.45) is 0 Å². The third-order valence-electron chi connectivity index (χ3n) is 1.98. The van der Waals surface area contributed by atoms with Gasteiger partial charge in [-0.2, -0.15) is 8.42 Å². The summed E-state index contributed by atoms with van der Waals surface area (Å²) in [5.74, 6) is 0.484. The van der Waals surface area contributed by atoms with Crippen molar-refractivity contribution in [3.8, 4) is 0 Å². The number of allylic oxidation sites excluding steroid dienone is 6. The molecule has 2 rings (SSSR count). The normalized spacial score (nSPS) is 18.5. The average molecular weight is 328 g/mol. The SMILES string of the molecule is CS(=O)(=O)[N+]1=C2C=CC=CC=C2SC1.[O-][Cl+3]([O-])([O-])[O-]. The molecule has 0 spiro atoms. The second kappa shape index (κ2) is 6.18. The molecular formula is C9H10ClNO6S2. The van der Waals surface area contributed by atoms with Crippen molar-refractivity contribution in [3.05, 3.63) is 35.3 Å². The molecule has 0 aromatic heterocycles. The van der Waals surface area contributed by atoms with Crippen LogP contribution in [0.15, 0.2) is 35.3 Å². The maximum absolute atomic E-state index is 11.4. The molecule has 0 radical (unpaired) electrons. The van der Waals surface area contributed by atoms with E-state index in [-0.39, 0.29) is 0 Å². The van der Waals surface area contributed by atoms with Crippen molar-refractivity contribution in [1.29, 1.82) is 0 Å². The molecule has 0 saturated carbocycles. The van der Waals surface area contributed by atoms with E-state index in [2.05, 4.69) is 0 Å². The van der Waals surface area contributed by atoms with Crippen LogP contribution in [0, 0.1) is 10.2 Å². The Bertz CT molecular complexity index is 564. The molecule has 19 heavy (non-hydrogen) atoms. The number of hydrogen-bond acceptors (Lipinski definition) is 7. The lowest BCUT2D eigenvalue weighted by Crippen LogP contribution is -2.68. The van der Waals surface area contributed by atoms with Crippen LogP contribution >= 0.6 is 11.8 Å². The van der Waals surface area contributed by atoms with Crippen LogP contribution in [-0.2, 0) is 10.0 Å². The Morgan fingerprint density at radius 1 is 1.21 bits per heavy atom. The molecule has 0 unspecified atom stereocenters. The van der Waals surface area contributed by atoms with E-state index in [1.165, 1.54) is 10.2 Å². The molecule has 0 atom stereocenters. The lowest BCUT2D eigenvalue weighted by atomic mass is 10.3. The molecule has 0 saturated heterocycles. The van der Waals surface area contributed by atoms with E-state index in [1.54, 1.807) is 11.8 Å². The molecule has 0 bridgehead atoms. The zero-order chi connectivity index (χ0) is 14.7. The second-order valence-corrected chi connectivity index (χ2v) is 7.07. The second-order valence-electron chi connectivity index (χ2n) is 3.42. The van der Waals surface area contributed by atoms with Crippen LogP contribution in [0.2, 0.25) is 0 Å². The fraction of sp³-hybridized carbons (Fsp3) is 0.222. The minimum absolute atomic E-state index is 0.484. The number of fused-ring (bicyclic) bond motifs is 1. The third-order valence-corrected chi connectivity index (χ3v) is 4.32. The summed E-state index contributed by atoms with van der Waals surface area (Å²) in [5, 5.41) is 0. The van der Waals surface area contributed by atoms with E-state index in [0.717, 1.165) is 10.6 Å². The van der Waals surface area contributed by atoms with E-state index in [0.29, 0.717) is 5.88 Å². The summed E-state index contributed by atoms with van der Waals surface area (Å²) in [6.45, 7) is 0. The first kappa shape index (κ1) is 16.4. The van der Waals surface area contributed by atoms with Gasteiger partial charge in [-0.25, -0.2) is 18.6 Å². The van der Waals surface area contributed by atoms with Gasteiger partial charge >= 0.3 is 10.0 Å². The standard InChI is InChI=1S/C9H10NO2S2.ClHO4/c1-14(11,12)10-7-13-9-6-4-2-3-5-8(9)10;2-1(3,4)5/h2-6H,7H2,1H3;(H,2,3,4,5)/q+1;/p-1. The van der Waals surface area contributed by atoms with Gasteiger partial charge in [-0.3, -0.25) is 0 Å². The Balaban J connectivity index is 0.000000312. The Morgan fingerprint density at radius 2 is 1.79 bits per heavy atom. The van der Waals surface area contributed by atoms with Crippen LogP contribution in [0.4, 0.5) is 0 Å². The smallest absolute Gasteiger partial charge is 0.222 e. The highest BCUT2D eigenvalue weighted by Crippen LogP contribution is 2.27. The van der Waals surface area contributed by atoms with Crippen LogP contribution in [0.1, 0.15) is 0 Å². The van der Waals surface area contributed by atoms with Crippen LogP contribution in [0.3, 0.4) is 0 Å². The number of halogens is 1. The first-order valence-electron chi connectivity index (χ1n) is 4.73. The van der Waals surface area contributed by atoms with Gasteiger partial charge in [-0.05, 0) is 17.8 Å². The Hall–Kier alpha value is -0.680.